The maximum atomic E-state index is 9.22. The molecule has 0 bridgehead atoms. The van der Waals surface area contributed by atoms with Crippen molar-refractivity contribution in [3.05, 3.63) is 0 Å². The normalized spacial score (nSPS) is 10.8. The Kier molecular flexibility index (Phi) is 29.9. The second kappa shape index (κ2) is 27.9. The fraction of sp³-hybridized carbons (Fsp3) is 0.962. The molecule has 1 amide bonds. The largest absolute Gasteiger partial charge is 0.370 e. The molecular weight excluding hydrogens is 373 g/mol. The van der Waals surface area contributed by atoms with Crippen molar-refractivity contribution in [2.75, 3.05) is 18.5 Å². The highest BCUT2D eigenvalue weighted by molar-refractivity contribution is 7.57. The fourth-order valence-corrected chi connectivity index (χ4v) is 6.37. The molecule has 176 valence electrons. The van der Waals surface area contributed by atoms with Gasteiger partial charge in [0.15, 0.2) is 0 Å². The number of nitrogens with two attached hydrogens (primary N) is 1. The SMILES string of the molecule is CC(N)=O.CCCCCCCCP(CCCCCCCC)CCCCCCCC. The molecule has 0 aromatic carbocycles. The number of carbonyl (C=O) groups excluding carboxylic acids is 1. The molecule has 0 rings (SSSR count). The molecule has 0 atom stereocenters. The van der Waals surface area contributed by atoms with Crippen molar-refractivity contribution >= 4 is 13.8 Å². The Hall–Kier alpha value is -0.100. The lowest BCUT2D eigenvalue weighted by molar-refractivity contribution is -0.115. The summed E-state index contributed by atoms with van der Waals surface area (Å²) in [6.07, 6.45) is 31.2. The maximum Gasteiger partial charge on any atom is 0.214 e. The first-order valence-electron chi connectivity index (χ1n) is 13.1. The summed E-state index contributed by atoms with van der Waals surface area (Å²) in [5, 5.41) is 0. The second-order valence-corrected chi connectivity index (χ2v) is 11.4. The van der Waals surface area contributed by atoms with Gasteiger partial charge in [-0.25, -0.2) is 0 Å². The molecule has 0 aliphatic rings. The fourth-order valence-electron chi connectivity index (χ4n) is 3.68. The van der Waals surface area contributed by atoms with Crippen molar-refractivity contribution < 1.29 is 4.79 Å². The summed E-state index contributed by atoms with van der Waals surface area (Å²) >= 11 is 0. The van der Waals surface area contributed by atoms with Gasteiger partial charge >= 0.3 is 0 Å². The standard InChI is InChI=1S/C24H51P.C2H5NO/c1-4-7-10-13-16-19-22-25(23-20-17-14-11-8-5-2)24-21-18-15-12-9-6-3;1-2(3)4/h4-24H2,1-3H3;1H3,(H2,3,4). The van der Waals surface area contributed by atoms with E-state index in [-0.39, 0.29) is 5.91 Å². The van der Waals surface area contributed by atoms with E-state index >= 15 is 0 Å². The lowest BCUT2D eigenvalue weighted by atomic mass is 10.1. The Bertz CT molecular complexity index is 267. The molecule has 0 saturated heterocycles. The minimum Gasteiger partial charge on any atom is -0.370 e. The van der Waals surface area contributed by atoms with Gasteiger partial charge in [0.1, 0.15) is 0 Å². The van der Waals surface area contributed by atoms with E-state index < -0.39 is 0 Å². The van der Waals surface area contributed by atoms with Gasteiger partial charge in [-0.15, -0.1) is 7.92 Å². The first-order chi connectivity index (χ1) is 14.1. The molecule has 2 N–H and O–H groups in total. The number of rotatable bonds is 21. The van der Waals surface area contributed by atoms with Crippen LogP contribution in [-0.2, 0) is 4.79 Å². The van der Waals surface area contributed by atoms with Gasteiger partial charge in [0, 0.05) is 6.92 Å². The summed E-state index contributed by atoms with van der Waals surface area (Å²) in [5.41, 5.74) is 4.47. The number of hydrogen-bond acceptors (Lipinski definition) is 1. The Labute approximate surface area is 186 Å². The summed E-state index contributed by atoms with van der Waals surface area (Å²) in [6.45, 7) is 8.26. The third-order valence-electron chi connectivity index (χ3n) is 5.48. The van der Waals surface area contributed by atoms with Crippen molar-refractivity contribution in [3.8, 4) is 0 Å². The van der Waals surface area contributed by atoms with Gasteiger partial charge in [-0.1, -0.05) is 117 Å². The number of carbonyl (C=O) groups is 1. The predicted molar refractivity (Wildman–Crippen MR) is 137 cm³/mol. The van der Waals surface area contributed by atoms with Crippen molar-refractivity contribution in [1.82, 2.24) is 0 Å². The molecule has 0 saturated carbocycles. The average Bonchev–Trinajstić information content (AvgIpc) is 2.68. The predicted octanol–water partition coefficient (Wildman–Crippen LogP) is 9.04. The van der Waals surface area contributed by atoms with Crippen LogP contribution in [0.5, 0.6) is 0 Å². The van der Waals surface area contributed by atoms with Gasteiger partial charge in [0.25, 0.3) is 0 Å². The van der Waals surface area contributed by atoms with Gasteiger partial charge < -0.3 is 5.73 Å². The van der Waals surface area contributed by atoms with Crippen LogP contribution < -0.4 is 5.73 Å². The number of primary amides is 1. The van der Waals surface area contributed by atoms with Gasteiger partial charge in [-0.05, 0) is 37.7 Å². The highest BCUT2D eigenvalue weighted by Crippen LogP contribution is 2.39. The van der Waals surface area contributed by atoms with Crippen LogP contribution in [0.4, 0.5) is 0 Å². The molecule has 0 heterocycles. The van der Waals surface area contributed by atoms with E-state index in [1.807, 2.05) is 0 Å². The van der Waals surface area contributed by atoms with E-state index in [2.05, 4.69) is 26.5 Å². The van der Waals surface area contributed by atoms with E-state index in [1.165, 1.54) is 122 Å². The van der Waals surface area contributed by atoms with Crippen LogP contribution in [0.3, 0.4) is 0 Å². The Morgan fingerprint density at radius 1 is 0.517 bits per heavy atom. The van der Waals surface area contributed by atoms with Crippen LogP contribution in [0.15, 0.2) is 0 Å². The summed E-state index contributed by atoms with van der Waals surface area (Å²) < 4.78 is 0. The van der Waals surface area contributed by atoms with Crippen LogP contribution in [0, 0.1) is 0 Å². The molecule has 3 heteroatoms. The third-order valence-corrected chi connectivity index (χ3v) is 8.33. The molecule has 0 aliphatic carbocycles. The second-order valence-electron chi connectivity index (χ2n) is 8.76. The molecule has 0 unspecified atom stereocenters. The van der Waals surface area contributed by atoms with Gasteiger partial charge in [0.05, 0.1) is 0 Å². The van der Waals surface area contributed by atoms with E-state index in [1.54, 1.807) is 18.5 Å². The van der Waals surface area contributed by atoms with Crippen LogP contribution in [0.25, 0.3) is 0 Å². The number of hydrogen-bond donors (Lipinski definition) is 1. The van der Waals surface area contributed by atoms with Gasteiger partial charge in [-0.3, -0.25) is 4.79 Å². The highest BCUT2D eigenvalue weighted by atomic mass is 31.1. The van der Waals surface area contributed by atoms with Crippen molar-refractivity contribution in [2.24, 2.45) is 5.73 Å². The zero-order valence-electron chi connectivity index (χ0n) is 20.8. The third kappa shape index (κ3) is 32.8. The summed E-state index contributed by atoms with van der Waals surface area (Å²) in [4.78, 5) is 9.22. The summed E-state index contributed by atoms with van der Waals surface area (Å²) in [5.74, 6) is -0.333. The molecule has 0 spiro atoms. The Morgan fingerprint density at radius 2 is 0.724 bits per heavy atom. The smallest absolute Gasteiger partial charge is 0.214 e. The number of amides is 1. The van der Waals surface area contributed by atoms with Crippen molar-refractivity contribution in [1.29, 1.82) is 0 Å². The van der Waals surface area contributed by atoms with E-state index in [4.69, 9.17) is 0 Å². The lowest BCUT2D eigenvalue weighted by Gasteiger charge is -2.18. The maximum absolute atomic E-state index is 9.22. The zero-order valence-corrected chi connectivity index (χ0v) is 21.7. The average molecular weight is 430 g/mol. The van der Waals surface area contributed by atoms with E-state index in [0.29, 0.717) is 7.92 Å². The van der Waals surface area contributed by atoms with E-state index in [0.717, 1.165) is 0 Å². The molecule has 29 heavy (non-hydrogen) atoms. The van der Waals surface area contributed by atoms with E-state index in [9.17, 15) is 4.79 Å². The first kappa shape index (κ1) is 31.1. The van der Waals surface area contributed by atoms with Crippen molar-refractivity contribution in [2.45, 2.75) is 143 Å². The van der Waals surface area contributed by atoms with Crippen LogP contribution >= 0.6 is 7.92 Å². The molecule has 0 aliphatic heterocycles. The molecule has 2 nitrogen and oxygen atoms in total. The molecule has 0 aromatic rings. The van der Waals surface area contributed by atoms with Crippen LogP contribution in [0.1, 0.15) is 143 Å². The molecular formula is C26H56NOP. The minimum absolute atomic E-state index is 0.333. The summed E-state index contributed by atoms with van der Waals surface area (Å²) in [7, 11) is 0.366. The molecule has 0 aromatic heterocycles. The zero-order chi connectivity index (χ0) is 22.0. The quantitative estimate of drug-likeness (QED) is 0.143. The van der Waals surface area contributed by atoms with Gasteiger partial charge in [-0.2, -0.15) is 0 Å². The first-order valence-corrected chi connectivity index (χ1v) is 15.0. The monoisotopic (exact) mass is 429 g/mol. The molecule has 0 fully saturated rings. The van der Waals surface area contributed by atoms with Crippen molar-refractivity contribution in [3.63, 3.8) is 0 Å². The number of unbranched alkanes of at least 4 members (excludes halogenated alkanes) is 15. The Morgan fingerprint density at radius 3 is 0.966 bits per heavy atom. The lowest BCUT2D eigenvalue weighted by Crippen LogP contribution is -2.01. The molecule has 0 radical (unpaired) electrons. The summed E-state index contributed by atoms with van der Waals surface area (Å²) in [6, 6.07) is 0. The minimum atomic E-state index is -0.333. The van der Waals surface area contributed by atoms with Crippen LogP contribution in [0.2, 0.25) is 0 Å². The topological polar surface area (TPSA) is 43.1 Å². The highest BCUT2D eigenvalue weighted by Gasteiger charge is 2.07. The van der Waals surface area contributed by atoms with Crippen LogP contribution in [-0.4, -0.2) is 24.4 Å². The Balaban J connectivity index is 0. The van der Waals surface area contributed by atoms with Gasteiger partial charge in [0.2, 0.25) is 5.91 Å².